The first-order chi connectivity index (χ1) is 13.9. The lowest BCUT2D eigenvalue weighted by Crippen LogP contribution is -2.26. The molecule has 0 amide bonds. The van der Waals surface area contributed by atoms with Gasteiger partial charge in [0.05, 0.1) is 0 Å². The van der Waals surface area contributed by atoms with Gasteiger partial charge in [-0.05, 0) is 61.5 Å². The first-order valence-corrected chi connectivity index (χ1v) is 12.2. The van der Waals surface area contributed by atoms with Crippen molar-refractivity contribution in [1.82, 2.24) is 0 Å². The number of hydrogen-bond acceptors (Lipinski definition) is 0. The summed E-state index contributed by atoms with van der Waals surface area (Å²) in [6, 6.07) is 14.5. The maximum Gasteiger partial charge on any atom is 0.00897 e. The molecule has 0 aliphatic carbocycles. The van der Waals surface area contributed by atoms with Crippen molar-refractivity contribution in [1.29, 1.82) is 0 Å². The summed E-state index contributed by atoms with van der Waals surface area (Å²) in [5.41, 5.74) is 9.35. The Kier molecular flexibility index (Phi) is 6.98. The molecule has 0 heteroatoms. The summed E-state index contributed by atoms with van der Waals surface area (Å²) in [6.07, 6.45) is 1.11. The summed E-state index contributed by atoms with van der Waals surface area (Å²) < 4.78 is 0. The van der Waals surface area contributed by atoms with Crippen LogP contribution in [-0.4, -0.2) is 0 Å². The highest BCUT2D eigenvalue weighted by Gasteiger charge is 2.31. The van der Waals surface area contributed by atoms with Gasteiger partial charge in [0.15, 0.2) is 0 Å². The van der Waals surface area contributed by atoms with Crippen molar-refractivity contribution in [2.45, 2.75) is 124 Å². The Morgan fingerprint density at radius 3 is 1.32 bits per heavy atom. The van der Waals surface area contributed by atoms with Gasteiger partial charge in [0.25, 0.3) is 0 Å². The van der Waals surface area contributed by atoms with E-state index >= 15 is 0 Å². The predicted molar refractivity (Wildman–Crippen MR) is 140 cm³/mol. The molecule has 2 aromatic rings. The summed E-state index contributed by atoms with van der Waals surface area (Å²) in [7, 11) is 0. The van der Waals surface area contributed by atoms with E-state index in [-0.39, 0.29) is 21.7 Å². The molecule has 0 heterocycles. The van der Waals surface area contributed by atoms with E-state index in [1.807, 2.05) is 0 Å². The third-order valence-corrected chi connectivity index (χ3v) is 6.58. The van der Waals surface area contributed by atoms with Crippen molar-refractivity contribution in [3.8, 4) is 0 Å². The minimum absolute atomic E-state index is 0.102. The van der Waals surface area contributed by atoms with Crippen LogP contribution >= 0.6 is 0 Å². The van der Waals surface area contributed by atoms with Gasteiger partial charge in [0, 0.05) is 5.92 Å². The van der Waals surface area contributed by atoms with E-state index in [1.165, 1.54) is 33.4 Å². The van der Waals surface area contributed by atoms with E-state index in [0.717, 1.165) is 6.42 Å². The average molecular weight is 421 g/mol. The second kappa shape index (κ2) is 8.42. The van der Waals surface area contributed by atoms with E-state index in [1.54, 1.807) is 0 Å². The SMILES string of the molecule is CCC(c1ccc(C(C)(C)C)cc1)c1cc(C(C)(C)C)c(C(C)(C)C)cc1C(C)(C)C. The van der Waals surface area contributed by atoms with Gasteiger partial charge in [0.2, 0.25) is 0 Å². The van der Waals surface area contributed by atoms with Gasteiger partial charge in [-0.15, -0.1) is 0 Å². The second-order valence-corrected chi connectivity index (χ2v) is 13.6. The largest absolute Gasteiger partial charge is 0.0645 e. The summed E-state index contributed by atoms with van der Waals surface area (Å²) in [5, 5.41) is 0. The van der Waals surface area contributed by atoms with E-state index in [4.69, 9.17) is 0 Å². The van der Waals surface area contributed by atoms with Gasteiger partial charge in [-0.1, -0.05) is 126 Å². The lowest BCUT2D eigenvalue weighted by molar-refractivity contribution is 0.517. The van der Waals surface area contributed by atoms with Gasteiger partial charge in [-0.2, -0.15) is 0 Å². The number of hydrogen-bond donors (Lipinski definition) is 0. The van der Waals surface area contributed by atoms with Crippen LogP contribution in [0.2, 0.25) is 0 Å². The summed E-state index contributed by atoms with van der Waals surface area (Å²) >= 11 is 0. The Morgan fingerprint density at radius 2 is 0.968 bits per heavy atom. The molecule has 0 fully saturated rings. The lowest BCUT2D eigenvalue weighted by Gasteiger charge is -2.36. The quantitative estimate of drug-likeness (QED) is 0.464. The Hall–Kier alpha value is -1.56. The normalized spacial score (nSPS) is 14.6. The van der Waals surface area contributed by atoms with Crippen molar-refractivity contribution in [3.05, 3.63) is 69.8 Å². The third-order valence-electron chi connectivity index (χ3n) is 6.58. The summed E-state index contributed by atoms with van der Waals surface area (Å²) in [6.45, 7) is 30.4. The minimum atomic E-state index is 0.102. The molecule has 0 nitrogen and oxygen atoms in total. The topological polar surface area (TPSA) is 0 Å². The highest BCUT2D eigenvalue weighted by Crippen LogP contribution is 2.43. The first kappa shape index (κ1) is 25.7. The van der Waals surface area contributed by atoms with Crippen LogP contribution in [0, 0.1) is 0 Å². The van der Waals surface area contributed by atoms with Crippen molar-refractivity contribution >= 4 is 0 Å². The van der Waals surface area contributed by atoms with Crippen LogP contribution in [0.4, 0.5) is 0 Å². The molecule has 1 atom stereocenters. The lowest BCUT2D eigenvalue weighted by atomic mass is 9.69. The molecule has 0 spiro atoms. The van der Waals surface area contributed by atoms with E-state index in [0.29, 0.717) is 5.92 Å². The molecule has 0 bridgehead atoms. The maximum absolute atomic E-state index is 2.56. The molecule has 0 radical (unpaired) electrons. The van der Waals surface area contributed by atoms with Crippen LogP contribution in [0.3, 0.4) is 0 Å². The van der Waals surface area contributed by atoms with Crippen LogP contribution in [0.15, 0.2) is 36.4 Å². The fourth-order valence-corrected chi connectivity index (χ4v) is 4.65. The van der Waals surface area contributed by atoms with Crippen LogP contribution in [-0.2, 0) is 21.7 Å². The van der Waals surface area contributed by atoms with Crippen molar-refractivity contribution in [2.75, 3.05) is 0 Å². The second-order valence-electron chi connectivity index (χ2n) is 13.6. The minimum Gasteiger partial charge on any atom is -0.0645 e. The molecule has 2 aromatic carbocycles. The van der Waals surface area contributed by atoms with E-state index < -0.39 is 0 Å². The fraction of sp³-hybridized carbons (Fsp3) is 0.613. The van der Waals surface area contributed by atoms with E-state index in [9.17, 15) is 0 Å². The standard InChI is InChI=1S/C31H48/c1-14-23(21-15-17-22(18-16-21)28(2,3)4)24-19-26(30(8,9)10)27(31(11,12)13)20-25(24)29(5,6)7/h15-20,23H,14H2,1-13H3. The predicted octanol–water partition coefficient (Wildman–Crippen LogP) is 9.42. The van der Waals surface area contributed by atoms with E-state index in [2.05, 4.69) is 126 Å². The smallest absolute Gasteiger partial charge is 0.00897 e. The zero-order valence-corrected chi connectivity index (χ0v) is 22.7. The van der Waals surface area contributed by atoms with Crippen molar-refractivity contribution in [3.63, 3.8) is 0 Å². The van der Waals surface area contributed by atoms with Crippen LogP contribution in [0.1, 0.15) is 136 Å². The third kappa shape index (κ3) is 5.82. The number of benzene rings is 2. The molecular weight excluding hydrogens is 372 g/mol. The van der Waals surface area contributed by atoms with Crippen LogP contribution < -0.4 is 0 Å². The Bertz CT molecular complexity index is 882. The molecule has 0 N–H and O–H groups in total. The monoisotopic (exact) mass is 420 g/mol. The van der Waals surface area contributed by atoms with Gasteiger partial charge in [-0.3, -0.25) is 0 Å². The molecule has 2 rings (SSSR count). The first-order valence-electron chi connectivity index (χ1n) is 12.2. The molecule has 0 saturated carbocycles. The van der Waals surface area contributed by atoms with Gasteiger partial charge < -0.3 is 0 Å². The molecule has 0 aliphatic heterocycles. The van der Waals surface area contributed by atoms with Crippen LogP contribution in [0.25, 0.3) is 0 Å². The number of rotatable bonds is 3. The Labute approximate surface area is 193 Å². The highest BCUT2D eigenvalue weighted by atomic mass is 14.4. The summed E-state index contributed by atoms with van der Waals surface area (Å²) in [5.74, 6) is 0.415. The Morgan fingerprint density at radius 1 is 0.548 bits per heavy atom. The van der Waals surface area contributed by atoms with Crippen molar-refractivity contribution in [2.24, 2.45) is 0 Å². The average Bonchev–Trinajstić information content (AvgIpc) is 2.59. The molecule has 0 aromatic heterocycles. The molecule has 1 unspecified atom stereocenters. The molecule has 172 valence electrons. The zero-order chi connectivity index (χ0) is 24.0. The fourth-order valence-electron chi connectivity index (χ4n) is 4.65. The maximum atomic E-state index is 2.56. The molecule has 0 aliphatic rings. The Balaban J connectivity index is 2.80. The zero-order valence-electron chi connectivity index (χ0n) is 22.7. The van der Waals surface area contributed by atoms with Gasteiger partial charge >= 0.3 is 0 Å². The van der Waals surface area contributed by atoms with Crippen LogP contribution in [0.5, 0.6) is 0 Å². The molecule has 0 saturated heterocycles. The van der Waals surface area contributed by atoms with Gasteiger partial charge in [-0.25, -0.2) is 0 Å². The molecular formula is C31H48. The summed E-state index contributed by atoms with van der Waals surface area (Å²) in [4.78, 5) is 0. The molecule has 31 heavy (non-hydrogen) atoms. The highest BCUT2D eigenvalue weighted by molar-refractivity contribution is 5.51. The van der Waals surface area contributed by atoms with Gasteiger partial charge in [0.1, 0.15) is 0 Å². The van der Waals surface area contributed by atoms with Crippen molar-refractivity contribution < 1.29 is 0 Å².